The van der Waals surface area contributed by atoms with E-state index < -0.39 is 0 Å². The molecule has 2 aromatic rings. The third kappa shape index (κ3) is 3.55. The van der Waals surface area contributed by atoms with Crippen LogP contribution in [0.4, 0.5) is 0 Å². The van der Waals surface area contributed by atoms with Crippen molar-refractivity contribution in [2.24, 2.45) is 0 Å². The second-order valence-corrected chi connectivity index (χ2v) is 5.99. The van der Waals surface area contributed by atoms with Gasteiger partial charge in [-0.3, -0.25) is 0 Å². The van der Waals surface area contributed by atoms with Crippen LogP contribution in [0.25, 0.3) is 10.8 Å². The highest BCUT2D eigenvalue weighted by molar-refractivity contribution is 7.99. The first-order chi connectivity index (χ1) is 8.29. The average molecular weight is 270 g/mol. The van der Waals surface area contributed by atoms with Gasteiger partial charge in [0.15, 0.2) is 0 Å². The third-order valence-corrected chi connectivity index (χ3v) is 4.30. The Morgan fingerprint density at radius 2 is 2.41 bits per heavy atom. The second kappa shape index (κ2) is 6.18. The molecule has 1 atom stereocenters. The van der Waals surface area contributed by atoms with Gasteiger partial charge in [0.25, 0.3) is 5.89 Å². The second-order valence-electron chi connectivity index (χ2n) is 3.61. The molecule has 0 amide bonds. The van der Waals surface area contributed by atoms with E-state index in [1.54, 1.807) is 23.1 Å². The van der Waals surface area contributed by atoms with Gasteiger partial charge in [0, 0.05) is 11.9 Å². The fraction of sp³-hybridized carbons (Fsp3) is 0.455. The largest absolute Gasteiger partial charge is 0.419 e. The first-order valence-corrected chi connectivity index (χ1v) is 7.31. The van der Waals surface area contributed by atoms with Gasteiger partial charge in [-0.05, 0) is 17.9 Å². The molecule has 0 radical (unpaired) electrons. The summed E-state index contributed by atoms with van der Waals surface area (Å²) in [4.78, 5) is 0.997. The molecule has 2 aromatic heterocycles. The van der Waals surface area contributed by atoms with E-state index >= 15 is 0 Å². The molecular weight excluding hydrogens is 256 g/mol. The molecule has 0 bridgehead atoms. The quantitative estimate of drug-likeness (QED) is 0.874. The lowest BCUT2D eigenvalue weighted by Crippen LogP contribution is -1.99. The SMILES string of the molecule is CC(CCO)SCc1nnc(-c2cccs2)o1. The fourth-order valence-corrected chi connectivity index (χ4v) is 2.75. The van der Waals surface area contributed by atoms with Crippen molar-refractivity contribution < 1.29 is 9.52 Å². The average Bonchev–Trinajstić information content (AvgIpc) is 2.97. The molecule has 1 unspecified atom stereocenters. The van der Waals surface area contributed by atoms with E-state index in [1.807, 2.05) is 17.5 Å². The maximum Gasteiger partial charge on any atom is 0.257 e. The summed E-state index contributed by atoms with van der Waals surface area (Å²) in [5.74, 6) is 1.92. The van der Waals surface area contributed by atoms with Gasteiger partial charge in [0.2, 0.25) is 5.89 Å². The molecule has 0 spiro atoms. The Hall–Kier alpha value is -0.850. The van der Waals surface area contributed by atoms with Crippen LogP contribution in [0.2, 0.25) is 0 Å². The maximum absolute atomic E-state index is 8.80. The van der Waals surface area contributed by atoms with Crippen molar-refractivity contribution >= 4 is 23.1 Å². The fourth-order valence-electron chi connectivity index (χ4n) is 1.29. The Balaban J connectivity index is 1.91. The van der Waals surface area contributed by atoms with Crippen LogP contribution in [0.5, 0.6) is 0 Å². The van der Waals surface area contributed by atoms with E-state index in [1.165, 1.54) is 0 Å². The van der Waals surface area contributed by atoms with Crippen LogP contribution >= 0.6 is 23.1 Å². The molecule has 92 valence electrons. The Morgan fingerprint density at radius 3 is 3.12 bits per heavy atom. The number of rotatable bonds is 6. The van der Waals surface area contributed by atoms with Gasteiger partial charge in [-0.1, -0.05) is 13.0 Å². The Kier molecular flexibility index (Phi) is 4.58. The molecule has 1 N–H and O–H groups in total. The van der Waals surface area contributed by atoms with Crippen LogP contribution in [0.3, 0.4) is 0 Å². The molecule has 17 heavy (non-hydrogen) atoms. The Labute approximate surface area is 108 Å². The van der Waals surface area contributed by atoms with Crippen LogP contribution in [-0.4, -0.2) is 27.2 Å². The van der Waals surface area contributed by atoms with E-state index in [4.69, 9.17) is 9.52 Å². The van der Waals surface area contributed by atoms with Crippen molar-refractivity contribution in [2.75, 3.05) is 6.61 Å². The highest BCUT2D eigenvalue weighted by atomic mass is 32.2. The molecule has 6 heteroatoms. The van der Waals surface area contributed by atoms with Crippen LogP contribution in [-0.2, 0) is 5.75 Å². The van der Waals surface area contributed by atoms with Gasteiger partial charge >= 0.3 is 0 Å². The van der Waals surface area contributed by atoms with Crippen molar-refractivity contribution in [3.8, 4) is 10.8 Å². The summed E-state index contributed by atoms with van der Waals surface area (Å²) in [5, 5.41) is 19.2. The van der Waals surface area contributed by atoms with Crippen molar-refractivity contribution in [3.63, 3.8) is 0 Å². The molecule has 4 nitrogen and oxygen atoms in total. The molecule has 0 saturated carbocycles. The minimum Gasteiger partial charge on any atom is -0.419 e. The number of hydrogen-bond acceptors (Lipinski definition) is 6. The summed E-state index contributed by atoms with van der Waals surface area (Å²) in [7, 11) is 0. The molecule has 0 aliphatic heterocycles. The van der Waals surface area contributed by atoms with Crippen LogP contribution in [0.1, 0.15) is 19.2 Å². The van der Waals surface area contributed by atoms with Crippen molar-refractivity contribution in [1.29, 1.82) is 0 Å². The van der Waals surface area contributed by atoms with E-state index in [0.29, 0.717) is 22.8 Å². The van der Waals surface area contributed by atoms with Crippen LogP contribution in [0.15, 0.2) is 21.9 Å². The first-order valence-electron chi connectivity index (χ1n) is 5.38. The topological polar surface area (TPSA) is 59.2 Å². The number of aliphatic hydroxyl groups excluding tert-OH is 1. The van der Waals surface area contributed by atoms with Crippen LogP contribution in [0, 0.1) is 0 Å². The van der Waals surface area contributed by atoms with Gasteiger partial charge in [-0.15, -0.1) is 33.3 Å². The predicted molar refractivity (Wildman–Crippen MR) is 70.1 cm³/mol. The van der Waals surface area contributed by atoms with E-state index in [0.717, 1.165) is 11.3 Å². The maximum atomic E-state index is 8.80. The third-order valence-electron chi connectivity index (χ3n) is 2.23. The summed E-state index contributed by atoms with van der Waals surface area (Å²) >= 11 is 3.30. The Morgan fingerprint density at radius 1 is 1.53 bits per heavy atom. The van der Waals surface area contributed by atoms with Crippen molar-refractivity contribution in [1.82, 2.24) is 10.2 Å². The van der Waals surface area contributed by atoms with Gasteiger partial charge in [-0.2, -0.15) is 0 Å². The van der Waals surface area contributed by atoms with Crippen molar-refractivity contribution in [3.05, 3.63) is 23.4 Å². The molecule has 0 aliphatic carbocycles. The Bertz CT molecular complexity index is 442. The zero-order valence-corrected chi connectivity index (χ0v) is 11.1. The predicted octanol–water partition coefficient (Wildman–Crippen LogP) is 2.80. The summed E-state index contributed by atoms with van der Waals surface area (Å²) in [6, 6.07) is 3.92. The molecule has 0 aromatic carbocycles. The minimum atomic E-state index is 0.221. The van der Waals surface area contributed by atoms with Gasteiger partial charge in [0.1, 0.15) is 0 Å². The number of nitrogens with zero attached hydrogens (tertiary/aromatic N) is 2. The zero-order valence-electron chi connectivity index (χ0n) is 9.50. The monoisotopic (exact) mass is 270 g/mol. The highest BCUT2D eigenvalue weighted by Crippen LogP contribution is 2.25. The zero-order chi connectivity index (χ0) is 12.1. The molecule has 2 heterocycles. The van der Waals surface area contributed by atoms with Gasteiger partial charge < -0.3 is 9.52 Å². The van der Waals surface area contributed by atoms with Gasteiger partial charge in [-0.25, -0.2) is 0 Å². The summed E-state index contributed by atoms with van der Waals surface area (Å²) in [6.45, 7) is 2.30. The molecule has 0 aliphatic rings. The summed E-state index contributed by atoms with van der Waals surface area (Å²) in [5.41, 5.74) is 0. The summed E-state index contributed by atoms with van der Waals surface area (Å²) < 4.78 is 5.56. The number of aliphatic hydroxyl groups is 1. The lowest BCUT2D eigenvalue weighted by molar-refractivity contribution is 0.289. The highest BCUT2D eigenvalue weighted by Gasteiger charge is 2.10. The normalized spacial score (nSPS) is 12.8. The van der Waals surface area contributed by atoms with Crippen molar-refractivity contribution in [2.45, 2.75) is 24.3 Å². The number of hydrogen-bond donors (Lipinski definition) is 1. The lowest BCUT2D eigenvalue weighted by Gasteiger charge is -2.06. The molecular formula is C11H14N2O2S2. The smallest absolute Gasteiger partial charge is 0.257 e. The van der Waals surface area contributed by atoms with E-state index in [2.05, 4.69) is 17.1 Å². The van der Waals surface area contributed by atoms with E-state index in [9.17, 15) is 0 Å². The first kappa shape index (κ1) is 12.6. The van der Waals surface area contributed by atoms with E-state index in [-0.39, 0.29) is 6.61 Å². The molecule has 0 saturated heterocycles. The van der Waals surface area contributed by atoms with Crippen LogP contribution < -0.4 is 0 Å². The lowest BCUT2D eigenvalue weighted by atomic mass is 10.3. The number of thiophene rings is 1. The standard InChI is InChI=1S/C11H14N2O2S2/c1-8(4-5-14)17-7-10-12-13-11(15-10)9-3-2-6-16-9/h2-3,6,8,14H,4-5,7H2,1H3. The van der Waals surface area contributed by atoms with Gasteiger partial charge in [0.05, 0.1) is 10.6 Å². The number of aromatic nitrogens is 2. The summed E-state index contributed by atoms with van der Waals surface area (Å²) in [6.07, 6.45) is 0.788. The number of thioether (sulfide) groups is 1. The molecule has 0 fully saturated rings. The molecule has 2 rings (SSSR count). The minimum absolute atomic E-state index is 0.221.